The van der Waals surface area contributed by atoms with E-state index >= 15 is 0 Å². The second-order valence-electron chi connectivity index (χ2n) is 4.37. The third kappa shape index (κ3) is 2.74. The third-order valence-electron chi connectivity index (χ3n) is 2.91. The number of hydrogen-bond donors (Lipinski definition) is 0. The first-order chi connectivity index (χ1) is 10.8. The average Bonchev–Trinajstić information content (AvgIpc) is 3.22. The van der Waals surface area contributed by atoms with Crippen LogP contribution in [0.5, 0.6) is 0 Å². The molecule has 3 aromatic heterocycles. The Hall–Kier alpha value is -1.48. The van der Waals surface area contributed by atoms with Crippen LogP contribution in [0.1, 0.15) is 4.88 Å². The second-order valence-corrected chi connectivity index (χ2v) is 8.05. The van der Waals surface area contributed by atoms with Crippen molar-refractivity contribution in [1.82, 2.24) is 25.2 Å². The van der Waals surface area contributed by atoms with Crippen LogP contribution in [0.25, 0.3) is 10.2 Å². The molecule has 22 heavy (non-hydrogen) atoms. The molecule has 0 fully saturated rings. The Bertz CT molecular complexity index is 915. The Morgan fingerprint density at radius 1 is 1.23 bits per heavy atom. The highest BCUT2D eigenvalue weighted by Crippen LogP contribution is 2.35. The Morgan fingerprint density at radius 2 is 2.18 bits per heavy atom. The summed E-state index contributed by atoms with van der Waals surface area (Å²) in [6, 6.07) is 9.87. The summed E-state index contributed by atoms with van der Waals surface area (Å²) in [5.74, 6) is 0. The number of aromatic nitrogens is 5. The van der Waals surface area contributed by atoms with E-state index in [9.17, 15) is 0 Å². The fraction of sp³-hybridized carbons (Fsp3) is 0.0769. The van der Waals surface area contributed by atoms with Crippen LogP contribution in [0.2, 0.25) is 5.02 Å². The zero-order valence-corrected chi connectivity index (χ0v) is 14.2. The van der Waals surface area contributed by atoms with Gasteiger partial charge in [0.05, 0.1) is 16.3 Å². The number of hydrogen-bond acceptors (Lipinski definition) is 7. The summed E-state index contributed by atoms with van der Waals surface area (Å²) in [4.78, 5) is 5.78. The number of para-hydroxylation sites is 1. The van der Waals surface area contributed by atoms with Crippen LogP contribution in [0, 0.1) is 0 Å². The predicted molar refractivity (Wildman–Crippen MR) is 90.0 cm³/mol. The summed E-state index contributed by atoms with van der Waals surface area (Å²) in [5.41, 5.74) is 0.828. The van der Waals surface area contributed by atoms with Gasteiger partial charge in [0.25, 0.3) is 0 Å². The van der Waals surface area contributed by atoms with Gasteiger partial charge in [-0.2, -0.15) is 0 Å². The SMILES string of the molecule is Clc1cccc2sc(Sc3nnnn3Cc3cccs3)nc12. The molecule has 0 saturated carbocycles. The summed E-state index contributed by atoms with van der Waals surface area (Å²) >= 11 is 10.9. The molecule has 0 aliphatic rings. The minimum atomic E-state index is 0.665. The molecule has 3 heterocycles. The van der Waals surface area contributed by atoms with Crippen molar-refractivity contribution < 1.29 is 0 Å². The molecule has 5 nitrogen and oxygen atoms in total. The summed E-state index contributed by atoms with van der Waals surface area (Å²) in [6.45, 7) is 0.665. The highest BCUT2D eigenvalue weighted by Gasteiger charge is 2.13. The molecule has 0 amide bonds. The third-order valence-corrected chi connectivity index (χ3v) is 6.14. The van der Waals surface area contributed by atoms with Crippen molar-refractivity contribution in [3.05, 3.63) is 45.6 Å². The molecule has 1 aromatic carbocycles. The topological polar surface area (TPSA) is 56.5 Å². The first kappa shape index (κ1) is 14.1. The van der Waals surface area contributed by atoms with Crippen LogP contribution in [0.15, 0.2) is 45.2 Å². The van der Waals surface area contributed by atoms with Gasteiger partial charge in [0.15, 0.2) is 4.34 Å². The van der Waals surface area contributed by atoms with E-state index in [1.165, 1.54) is 16.6 Å². The van der Waals surface area contributed by atoms with Crippen LogP contribution < -0.4 is 0 Å². The number of benzene rings is 1. The molecule has 0 aliphatic heterocycles. The lowest BCUT2D eigenvalue weighted by atomic mass is 10.3. The standard InChI is InChI=1S/C13H8ClN5S3/c14-9-4-1-5-10-11(9)15-13(21-10)22-12-16-17-18-19(12)7-8-3-2-6-20-8/h1-6H,7H2. The maximum absolute atomic E-state index is 6.17. The smallest absolute Gasteiger partial charge is 0.216 e. The molecule has 0 radical (unpaired) electrons. The molecule has 0 N–H and O–H groups in total. The van der Waals surface area contributed by atoms with E-state index in [1.54, 1.807) is 27.4 Å². The zero-order valence-electron chi connectivity index (χ0n) is 11.0. The van der Waals surface area contributed by atoms with E-state index < -0.39 is 0 Å². The van der Waals surface area contributed by atoms with Crippen molar-refractivity contribution in [1.29, 1.82) is 0 Å². The van der Waals surface area contributed by atoms with E-state index in [4.69, 9.17) is 11.6 Å². The van der Waals surface area contributed by atoms with Gasteiger partial charge >= 0.3 is 0 Å². The lowest BCUT2D eigenvalue weighted by Gasteiger charge is -2.00. The first-order valence-corrected chi connectivity index (χ1v) is 9.20. The Labute approximate surface area is 143 Å². The van der Waals surface area contributed by atoms with Gasteiger partial charge in [0, 0.05) is 4.88 Å². The van der Waals surface area contributed by atoms with Crippen molar-refractivity contribution in [2.24, 2.45) is 0 Å². The second kappa shape index (κ2) is 5.96. The van der Waals surface area contributed by atoms with Crippen LogP contribution in [0.3, 0.4) is 0 Å². The largest absolute Gasteiger partial charge is 0.228 e. The first-order valence-electron chi connectivity index (χ1n) is 6.31. The maximum Gasteiger partial charge on any atom is 0.216 e. The zero-order chi connectivity index (χ0) is 14.9. The lowest BCUT2D eigenvalue weighted by molar-refractivity contribution is 0.608. The van der Waals surface area contributed by atoms with Crippen molar-refractivity contribution in [3.63, 3.8) is 0 Å². The van der Waals surface area contributed by atoms with E-state index in [2.05, 4.69) is 26.6 Å². The van der Waals surface area contributed by atoms with Gasteiger partial charge in [-0.1, -0.05) is 23.7 Å². The number of nitrogens with zero attached hydrogens (tertiary/aromatic N) is 5. The summed E-state index contributed by atoms with van der Waals surface area (Å²) in [7, 11) is 0. The lowest BCUT2D eigenvalue weighted by Crippen LogP contribution is -2.02. The number of fused-ring (bicyclic) bond motifs is 1. The Kier molecular flexibility index (Phi) is 3.83. The number of thiophene rings is 1. The van der Waals surface area contributed by atoms with Gasteiger partial charge in [-0.15, -0.1) is 27.8 Å². The molecule has 4 rings (SSSR count). The van der Waals surface area contributed by atoms with Crippen LogP contribution in [-0.2, 0) is 6.54 Å². The minimum Gasteiger partial charge on any atom is -0.228 e. The van der Waals surface area contributed by atoms with E-state index in [0.717, 1.165) is 19.7 Å². The Balaban J connectivity index is 1.63. The average molecular weight is 366 g/mol. The molecule has 0 bridgehead atoms. The predicted octanol–water partition coefficient (Wildman–Crippen LogP) is 4.20. The van der Waals surface area contributed by atoms with Gasteiger partial charge in [0.1, 0.15) is 5.52 Å². The number of tetrazole rings is 1. The summed E-state index contributed by atoms with van der Waals surface area (Å²) in [6.07, 6.45) is 0. The quantitative estimate of drug-likeness (QED) is 0.542. The highest BCUT2D eigenvalue weighted by molar-refractivity contribution is 8.01. The minimum absolute atomic E-state index is 0.665. The number of thiazole rings is 1. The molecule has 0 spiro atoms. The van der Waals surface area contributed by atoms with E-state index in [0.29, 0.717) is 11.6 Å². The van der Waals surface area contributed by atoms with Crippen LogP contribution in [0.4, 0.5) is 0 Å². The van der Waals surface area contributed by atoms with Crippen molar-refractivity contribution in [3.8, 4) is 0 Å². The van der Waals surface area contributed by atoms with Gasteiger partial charge < -0.3 is 0 Å². The van der Waals surface area contributed by atoms with Crippen molar-refractivity contribution in [2.75, 3.05) is 0 Å². The molecule has 0 unspecified atom stereocenters. The normalized spacial score (nSPS) is 11.3. The van der Waals surface area contributed by atoms with Gasteiger partial charge in [0.2, 0.25) is 5.16 Å². The number of rotatable bonds is 4. The Morgan fingerprint density at radius 3 is 3.00 bits per heavy atom. The van der Waals surface area contributed by atoms with Gasteiger partial charge in [-0.05, 0) is 45.8 Å². The fourth-order valence-electron chi connectivity index (χ4n) is 1.94. The van der Waals surface area contributed by atoms with Crippen molar-refractivity contribution in [2.45, 2.75) is 16.0 Å². The van der Waals surface area contributed by atoms with Crippen LogP contribution in [-0.4, -0.2) is 25.2 Å². The molecule has 0 aliphatic carbocycles. The van der Waals surface area contributed by atoms with Crippen molar-refractivity contribution >= 4 is 56.3 Å². The number of halogens is 1. The molecule has 4 aromatic rings. The van der Waals surface area contributed by atoms with Crippen LogP contribution >= 0.6 is 46.0 Å². The molecule has 0 atom stereocenters. The molecule has 0 saturated heterocycles. The molecular formula is C13H8ClN5S3. The van der Waals surface area contributed by atoms with E-state index in [1.807, 2.05) is 29.6 Å². The summed E-state index contributed by atoms with van der Waals surface area (Å²) in [5, 5.41) is 15.3. The highest BCUT2D eigenvalue weighted by atomic mass is 35.5. The molecule has 9 heteroatoms. The molecule has 110 valence electrons. The monoisotopic (exact) mass is 365 g/mol. The fourth-order valence-corrected chi connectivity index (χ4v) is 4.85. The summed E-state index contributed by atoms with van der Waals surface area (Å²) < 4.78 is 3.72. The van der Waals surface area contributed by atoms with Gasteiger partial charge in [-0.3, -0.25) is 0 Å². The van der Waals surface area contributed by atoms with E-state index in [-0.39, 0.29) is 0 Å². The maximum atomic E-state index is 6.17. The van der Waals surface area contributed by atoms with Gasteiger partial charge in [-0.25, -0.2) is 9.67 Å². The molecular weight excluding hydrogens is 358 g/mol.